The van der Waals surface area contributed by atoms with Crippen LogP contribution in [0.25, 0.3) is 0 Å². The molecule has 0 saturated heterocycles. The number of nitrogens with one attached hydrogen (secondary N) is 1. The molecule has 0 radical (unpaired) electrons. The average Bonchev–Trinajstić information content (AvgIpc) is 2.40. The Morgan fingerprint density at radius 1 is 1.00 bits per heavy atom. The molecular weight excluding hydrogens is 275 g/mol. The maximum absolute atomic E-state index is 13.1. The first-order valence-electron chi connectivity index (χ1n) is 5.01. The lowest BCUT2D eigenvalue weighted by atomic mass is 10.2. The highest BCUT2D eigenvalue weighted by Gasteiger charge is 2.27. The van der Waals surface area contributed by atoms with E-state index in [0.717, 1.165) is 0 Å². The van der Waals surface area contributed by atoms with Crippen molar-refractivity contribution in [3.63, 3.8) is 0 Å². The standard InChI is InChI=1S/C10H9F5N2O2/c11-5-6(12)8(14)10(9(15)7(5)13)19-3-4(18)17-2-1-16/h1-3,16H2,(H,17,18). The maximum Gasteiger partial charge on any atom is 0.257 e. The smallest absolute Gasteiger partial charge is 0.257 e. The third-order valence-electron chi connectivity index (χ3n) is 1.98. The summed E-state index contributed by atoms with van der Waals surface area (Å²) in [5, 5.41) is 2.19. The molecule has 1 aromatic rings. The van der Waals surface area contributed by atoms with Crippen LogP contribution in [0.4, 0.5) is 22.0 Å². The highest BCUT2D eigenvalue weighted by atomic mass is 19.2. The summed E-state index contributed by atoms with van der Waals surface area (Å²) in [7, 11) is 0. The summed E-state index contributed by atoms with van der Waals surface area (Å²) in [4.78, 5) is 11.0. The molecule has 0 aromatic heterocycles. The van der Waals surface area contributed by atoms with Crippen molar-refractivity contribution in [3.8, 4) is 5.75 Å². The number of nitrogens with two attached hydrogens (primary N) is 1. The maximum atomic E-state index is 13.1. The molecule has 0 atom stereocenters. The van der Waals surface area contributed by atoms with Gasteiger partial charge in [-0.2, -0.15) is 8.78 Å². The molecule has 4 nitrogen and oxygen atoms in total. The summed E-state index contributed by atoms with van der Waals surface area (Å²) in [5.74, 6) is -13.2. The van der Waals surface area contributed by atoms with E-state index < -0.39 is 47.3 Å². The number of benzene rings is 1. The predicted octanol–water partition coefficient (Wildman–Crippen LogP) is 0.836. The third-order valence-corrected chi connectivity index (χ3v) is 1.98. The van der Waals surface area contributed by atoms with E-state index in [1.807, 2.05) is 0 Å². The third kappa shape index (κ3) is 3.31. The van der Waals surface area contributed by atoms with E-state index in [9.17, 15) is 26.7 Å². The summed E-state index contributed by atoms with van der Waals surface area (Å²) in [6.07, 6.45) is 0. The van der Waals surface area contributed by atoms with Gasteiger partial charge >= 0.3 is 0 Å². The van der Waals surface area contributed by atoms with Crippen LogP contribution in [0.3, 0.4) is 0 Å². The SMILES string of the molecule is NCCNC(=O)COc1c(F)c(F)c(F)c(F)c1F. The lowest BCUT2D eigenvalue weighted by molar-refractivity contribution is -0.123. The molecule has 1 amide bonds. The van der Waals surface area contributed by atoms with Crippen molar-refractivity contribution in [3.05, 3.63) is 29.1 Å². The summed E-state index contributed by atoms with van der Waals surface area (Å²) in [5.41, 5.74) is 5.07. The van der Waals surface area contributed by atoms with Gasteiger partial charge in [-0.05, 0) is 0 Å². The van der Waals surface area contributed by atoms with E-state index in [4.69, 9.17) is 5.73 Å². The molecule has 0 bridgehead atoms. The number of hydrogen-bond acceptors (Lipinski definition) is 3. The quantitative estimate of drug-likeness (QED) is 0.478. The van der Waals surface area contributed by atoms with Crippen LogP contribution in [0.5, 0.6) is 5.75 Å². The fourth-order valence-corrected chi connectivity index (χ4v) is 1.11. The second-order valence-electron chi connectivity index (χ2n) is 3.33. The molecule has 0 saturated carbocycles. The lowest BCUT2D eigenvalue weighted by Gasteiger charge is -2.10. The first-order chi connectivity index (χ1) is 8.90. The zero-order valence-electron chi connectivity index (χ0n) is 9.40. The van der Waals surface area contributed by atoms with Crippen LogP contribution < -0.4 is 15.8 Å². The molecule has 3 N–H and O–H groups in total. The summed E-state index contributed by atoms with van der Waals surface area (Å²) >= 11 is 0. The van der Waals surface area contributed by atoms with Gasteiger partial charge in [0.1, 0.15) is 0 Å². The summed E-state index contributed by atoms with van der Waals surface area (Å²) in [6, 6.07) is 0. The molecule has 0 spiro atoms. The Hall–Kier alpha value is -1.90. The topological polar surface area (TPSA) is 64.3 Å². The zero-order chi connectivity index (χ0) is 14.6. The summed E-state index contributed by atoms with van der Waals surface area (Å²) in [6.45, 7) is -0.702. The highest BCUT2D eigenvalue weighted by Crippen LogP contribution is 2.28. The average molecular weight is 284 g/mol. The minimum Gasteiger partial charge on any atom is -0.477 e. The molecule has 1 aromatic carbocycles. The van der Waals surface area contributed by atoms with Gasteiger partial charge in [0.2, 0.25) is 29.1 Å². The Morgan fingerprint density at radius 3 is 1.95 bits per heavy atom. The number of hydrogen-bond donors (Lipinski definition) is 2. The van der Waals surface area contributed by atoms with Gasteiger partial charge in [-0.15, -0.1) is 0 Å². The Kier molecular flexibility index (Phi) is 5.04. The van der Waals surface area contributed by atoms with Crippen molar-refractivity contribution in [1.29, 1.82) is 0 Å². The minimum atomic E-state index is -2.30. The van der Waals surface area contributed by atoms with Crippen molar-refractivity contribution < 1.29 is 31.5 Å². The number of rotatable bonds is 5. The van der Waals surface area contributed by atoms with Crippen molar-refractivity contribution in [1.82, 2.24) is 5.32 Å². The lowest BCUT2D eigenvalue weighted by Crippen LogP contribution is -2.33. The van der Waals surface area contributed by atoms with E-state index in [1.54, 1.807) is 0 Å². The number of halogens is 5. The predicted molar refractivity (Wildman–Crippen MR) is 53.8 cm³/mol. The Morgan fingerprint density at radius 2 is 1.47 bits per heavy atom. The fraction of sp³-hybridized carbons (Fsp3) is 0.300. The number of carbonyl (C=O) groups is 1. The van der Waals surface area contributed by atoms with Gasteiger partial charge in [0, 0.05) is 13.1 Å². The van der Waals surface area contributed by atoms with E-state index in [0.29, 0.717) is 0 Å². The molecule has 0 aliphatic heterocycles. The van der Waals surface area contributed by atoms with Crippen LogP contribution >= 0.6 is 0 Å². The molecule has 0 heterocycles. The Bertz CT molecular complexity index is 466. The molecule has 0 aliphatic rings. The molecule has 0 aliphatic carbocycles. The van der Waals surface area contributed by atoms with E-state index in [1.165, 1.54) is 0 Å². The monoisotopic (exact) mass is 284 g/mol. The second kappa shape index (κ2) is 6.32. The van der Waals surface area contributed by atoms with Crippen LogP contribution in [0, 0.1) is 29.1 Å². The molecule has 1 rings (SSSR count). The van der Waals surface area contributed by atoms with Gasteiger partial charge in [-0.3, -0.25) is 4.79 Å². The van der Waals surface area contributed by atoms with Gasteiger partial charge in [-0.1, -0.05) is 0 Å². The normalized spacial score (nSPS) is 10.4. The van der Waals surface area contributed by atoms with Crippen molar-refractivity contribution in [2.75, 3.05) is 19.7 Å². The summed E-state index contributed by atoms with van der Waals surface area (Å²) < 4.78 is 68.7. The molecule has 0 fully saturated rings. The van der Waals surface area contributed by atoms with Gasteiger partial charge in [0.15, 0.2) is 12.4 Å². The van der Waals surface area contributed by atoms with Gasteiger partial charge in [0.25, 0.3) is 5.91 Å². The molecule has 9 heteroatoms. The van der Waals surface area contributed by atoms with Crippen LogP contribution in [0.15, 0.2) is 0 Å². The molecule has 106 valence electrons. The van der Waals surface area contributed by atoms with Gasteiger partial charge < -0.3 is 15.8 Å². The van der Waals surface area contributed by atoms with E-state index in [2.05, 4.69) is 10.1 Å². The molecule has 0 unspecified atom stereocenters. The van der Waals surface area contributed by atoms with Gasteiger partial charge in [0.05, 0.1) is 0 Å². The van der Waals surface area contributed by atoms with Gasteiger partial charge in [-0.25, -0.2) is 13.2 Å². The Balaban J connectivity index is 2.87. The van der Waals surface area contributed by atoms with E-state index in [-0.39, 0.29) is 13.1 Å². The Labute approximate surface area is 104 Å². The number of amides is 1. The molecular formula is C10H9F5N2O2. The fourth-order valence-electron chi connectivity index (χ4n) is 1.11. The van der Waals surface area contributed by atoms with Crippen molar-refractivity contribution in [2.24, 2.45) is 5.73 Å². The van der Waals surface area contributed by atoms with Crippen LogP contribution in [0.2, 0.25) is 0 Å². The van der Waals surface area contributed by atoms with Crippen LogP contribution in [-0.4, -0.2) is 25.6 Å². The minimum absolute atomic E-state index is 0.0826. The highest BCUT2D eigenvalue weighted by molar-refractivity contribution is 5.77. The second-order valence-corrected chi connectivity index (χ2v) is 3.33. The van der Waals surface area contributed by atoms with Crippen molar-refractivity contribution in [2.45, 2.75) is 0 Å². The van der Waals surface area contributed by atoms with Crippen molar-refractivity contribution >= 4 is 5.91 Å². The first-order valence-corrected chi connectivity index (χ1v) is 5.01. The van der Waals surface area contributed by atoms with E-state index >= 15 is 0 Å². The largest absolute Gasteiger partial charge is 0.477 e. The zero-order valence-corrected chi connectivity index (χ0v) is 9.40. The van der Waals surface area contributed by atoms with Crippen LogP contribution in [0.1, 0.15) is 0 Å². The molecule has 19 heavy (non-hydrogen) atoms. The van der Waals surface area contributed by atoms with Crippen LogP contribution in [-0.2, 0) is 4.79 Å². The number of carbonyl (C=O) groups excluding carboxylic acids is 1. The number of ether oxygens (including phenoxy) is 1. The first kappa shape index (κ1) is 15.2.